The summed E-state index contributed by atoms with van der Waals surface area (Å²) in [4.78, 5) is 26.5. The van der Waals surface area contributed by atoms with Crippen molar-refractivity contribution in [3.63, 3.8) is 0 Å². The van der Waals surface area contributed by atoms with Gasteiger partial charge in [0.1, 0.15) is 38.6 Å². The van der Waals surface area contributed by atoms with E-state index in [1.54, 1.807) is 18.3 Å². The summed E-state index contributed by atoms with van der Waals surface area (Å²) < 4.78 is 59.7. The number of thiazole rings is 1. The van der Waals surface area contributed by atoms with Crippen LogP contribution in [0.2, 0.25) is 0 Å². The monoisotopic (exact) mass is 801 g/mol. The number of rotatable bonds is 12. The second kappa shape index (κ2) is 15.8. The Hall–Kier alpha value is -6.09. The number of nitrogen functional groups attached to an aromatic ring is 1. The number of piperidine rings is 1. The van der Waals surface area contributed by atoms with Gasteiger partial charge in [-0.25, -0.2) is 27.2 Å². The smallest absolute Gasteiger partial charge is 0.244 e. The van der Waals surface area contributed by atoms with E-state index in [0.717, 1.165) is 46.0 Å². The Labute approximate surface area is 332 Å². The molecule has 0 saturated carbocycles. The van der Waals surface area contributed by atoms with Gasteiger partial charge in [0.2, 0.25) is 15.8 Å². The van der Waals surface area contributed by atoms with Gasteiger partial charge in [-0.1, -0.05) is 108 Å². The lowest BCUT2D eigenvalue weighted by atomic mass is 9.76. The third kappa shape index (κ3) is 7.23. The number of halogens is 2. The van der Waals surface area contributed by atoms with Crippen molar-refractivity contribution in [3.05, 3.63) is 190 Å². The van der Waals surface area contributed by atoms with Gasteiger partial charge in [-0.05, 0) is 53.8 Å². The molecule has 288 valence electrons. The SMILES string of the molecule is Nc1nc(NC2CCN(S(=O)(=O)c3ccc(Cc4nccn4C(c4ccccc4)(c4ccccc4)c4ccccc4)nc3)CC2)sc1C(=O)c1c(F)cccc1F. The van der Waals surface area contributed by atoms with Crippen LogP contribution in [0.3, 0.4) is 0 Å². The molecule has 57 heavy (non-hydrogen) atoms. The summed E-state index contributed by atoms with van der Waals surface area (Å²) in [6.07, 6.45) is 6.41. The van der Waals surface area contributed by atoms with E-state index in [9.17, 15) is 22.0 Å². The summed E-state index contributed by atoms with van der Waals surface area (Å²) in [5.74, 6) is -2.25. The number of hydrogen-bond donors (Lipinski definition) is 2. The van der Waals surface area contributed by atoms with Crippen LogP contribution >= 0.6 is 11.3 Å². The van der Waals surface area contributed by atoms with Gasteiger partial charge < -0.3 is 15.6 Å². The quantitative estimate of drug-likeness (QED) is 0.0957. The molecule has 0 spiro atoms. The van der Waals surface area contributed by atoms with Crippen LogP contribution in [0, 0.1) is 11.6 Å². The molecule has 0 amide bonds. The summed E-state index contributed by atoms with van der Waals surface area (Å²) in [6.45, 7) is 0.458. The Morgan fingerprint density at radius 1 is 0.807 bits per heavy atom. The summed E-state index contributed by atoms with van der Waals surface area (Å²) in [5, 5.41) is 3.52. The predicted molar refractivity (Wildman–Crippen MR) is 216 cm³/mol. The molecule has 0 atom stereocenters. The van der Waals surface area contributed by atoms with Crippen LogP contribution in [0.5, 0.6) is 0 Å². The summed E-state index contributed by atoms with van der Waals surface area (Å²) in [7, 11) is -3.86. The molecular formula is C43H37F2N7O3S2. The number of carbonyl (C=O) groups excluding carboxylic acids is 1. The molecule has 1 fully saturated rings. The van der Waals surface area contributed by atoms with E-state index in [1.165, 1.54) is 16.6 Å². The van der Waals surface area contributed by atoms with Gasteiger partial charge in [0.05, 0.1) is 5.56 Å². The summed E-state index contributed by atoms with van der Waals surface area (Å²) >= 11 is 0.901. The van der Waals surface area contributed by atoms with Crippen LogP contribution in [0.15, 0.2) is 145 Å². The van der Waals surface area contributed by atoms with Crippen molar-refractivity contribution in [1.29, 1.82) is 0 Å². The topological polar surface area (TPSA) is 136 Å². The van der Waals surface area contributed by atoms with Crippen molar-refractivity contribution in [2.45, 2.75) is 35.7 Å². The van der Waals surface area contributed by atoms with E-state index in [-0.39, 0.29) is 34.7 Å². The molecule has 10 nitrogen and oxygen atoms in total. The predicted octanol–water partition coefficient (Wildman–Crippen LogP) is 7.52. The highest BCUT2D eigenvalue weighted by Gasteiger charge is 2.40. The number of ketones is 1. The van der Waals surface area contributed by atoms with E-state index in [0.29, 0.717) is 30.1 Å². The maximum Gasteiger partial charge on any atom is 0.244 e. The molecular weight excluding hydrogens is 765 g/mol. The molecule has 4 heterocycles. The molecule has 4 aromatic carbocycles. The van der Waals surface area contributed by atoms with Crippen LogP contribution in [0.25, 0.3) is 0 Å². The van der Waals surface area contributed by atoms with E-state index in [2.05, 4.69) is 56.3 Å². The minimum absolute atomic E-state index is 0.0793. The molecule has 0 aliphatic carbocycles. The third-order valence-corrected chi connectivity index (χ3v) is 13.1. The highest BCUT2D eigenvalue weighted by molar-refractivity contribution is 7.89. The molecule has 0 radical (unpaired) electrons. The molecule has 1 saturated heterocycles. The number of nitrogens with zero attached hydrogens (tertiary/aromatic N) is 5. The molecule has 8 rings (SSSR count). The van der Waals surface area contributed by atoms with Gasteiger partial charge >= 0.3 is 0 Å². The van der Waals surface area contributed by atoms with Gasteiger partial charge in [-0.3, -0.25) is 9.78 Å². The molecule has 3 aromatic heterocycles. The van der Waals surface area contributed by atoms with Crippen LogP contribution < -0.4 is 11.1 Å². The molecule has 1 aliphatic rings. The van der Waals surface area contributed by atoms with Crippen molar-refractivity contribution in [2.24, 2.45) is 0 Å². The minimum Gasteiger partial charge on any atom is -0.382 e. The van der Waals surface area contributed by atoms with Gasteiger partial charge in [0, 0.05) is 49.8 Å². The van der Waals surface area contributed by atoms with Crippen molar-refractivity contribution >= 4 is 38.1 Å². The van der Waals surface area contributed by atoms with E-state index < -0.39 is 38.5 Å². The second-order valence-corrected chi connectivity index (χ2v) is 16.6. The van der Waals surface area contributed by atoms with E-state index in [1.807, 2.05) is 60.8 Å². The number of anilines is 2. The maximum atomic E-state index is 14.3. The fourth-order valence-electron chi connectivity index (χ4n) is 7.50. The van der Waals surface area contributed by atoms with Crippen molar-refractivity contribution in [3.8, 4) is 0 Å². The van der Waals surface area contributed by atoms with Crippen molar-refractivity contribution in [1.82, 2.24) is 23.8 Å². The fraction of sp³-hybridized carbons (Fsp3) is 0.163. The van der Waals surface area contributed by atoms with E-state index in [4.69, 9.17) is 10.7 Å². The first-order valence-electron chi connectivity index (χ1n) is 18.3. The number of benzene rings is 4. The number of aromatic nitrogens is 4. The second-order valence-electron chi connectivity index (χ2n) is 13.7. The molecule has 3 N–H and O–H groups in total. The Balaban J connectivity index is 0.977. The zero-order valence-corrected chi connectivity index (χ0v) is 32.1. The largest absolute Gasteiger partial charge is 0.382 e. The lowest BCUT2D eigenvalue weighted by molar-refractivity contribution is 0.103. The number of pyridine rings is 1. The van der Waals surface area contributed by atoms with Crippen molar-refractivity contribution in [2.75, 3.05) is 24.1 Å². The highest BCUT2D eigenvalue weighted by Crippen LogP contribution is 2.42. The molecule has 0 bridgehead atoms. The number of sulfonamides is 1. The van der Waals surface area contributed by atoms with Crippen LogP contribution in [-0.2, 0) is 22.0 Å². The van der Waals surface area contributed by atoms with Crippen LogP contribution in [0.4, 0.5) is 19.7 Å². The number of nitrogens with two attached hydrogens (primary N) is 1. The van der Waals surface area contributed by atoms with Gasteiger partial charge in [-0.2, -0.15) is 4.31 Å². The average molecular weight is 802 g/mol. The number of nitrogens with one attached hydrogen (secondary N) is 1. The Morgan fingerprint density at radius 3 is 1.93 bits per heavy atom. The first kappa shape index (κ1) is 37.8. The number of carbonyl (C=O) groups is 1. The zero-order chi connectivity index (χ0) is 39.6. The molecule has 7 aromatic rings. The lowest BCUT2D eigenvalue weighted by Gasteiger charge is -2.38. The Morgan fingerprint density at radius 2 is 1.39 bits per heavy atom. The number of imidazole rings is 1. The maximum absolute atomic E-state index is 14.3. The van der Waals surface area contributed by atoms with Crippen LogP contribution in [-0.4, -0.2) is 57.2 Å². The standard InChI is InChI=1S/C43H37F2N7O3S2/c44-35-17-10-18-36(45)38(35)39(53)40-41(46)50-42(56-40)49-32-21-24-51(25-22-32)57(54,55)34-20-19-33(48-28-34)27-37-47-23-26-52(37)43(29-11-4-1-5-12-29,30-13-6-2-7-14-30)31-15-8-3-9-16-31/h1-20,23,26,28,32H,21-22,24-25,27,46H2,(H,49,50). The highest BCUT2D eigenvalue weighted by atomic mass is 32.2. The Kier molecular flexibility index (Phi) is 10.5. The summed E-state index contributed by atoms with van der Waals surface area (Å²) in [6, 6.07) is 37.2. The molecule has 0 unspecified atom stereocenters. The lowest BCUT2D eigenvalue weighted by Crippen LogP contribution is -2.42. The fourth-order valence-corrected chi connectivity index (χ4v) is 9.83. The van der Waals surface area contributed by atoms with Gasteiger partial charge in [-0.15, -0.1) is 0 Å². The first-order valence-corrected chi connectivity index (χ1v) is 20.6. The molecule has 14 heteroatoms. The minimum atomic E-state index is -3.86. The normalized spacial score (nSPS) is 14.1. The first-order chi connectivity index (χ1) is 27.7. The third-order valence-electron chi connectivity index (χ3n) is 10.3. The Bertz CT molecular complexity index is 2500. The average Bonchev–Trinajstić information content (AvgIpc) is 3.85. The zero-order valence-electron chi connectivity index (χ0n) is 30.5. The van der Waals surface area contributed by atoms with Gasteiger partial charge in [0.25, 0.3) is 0 Å². The van der Waals surface area contributed by atoms with Gasteiger partial charge in [0.15, 0.2) is 5.13 Å². The summed E-state index contributed by atoms with van der Waals surface area (Å²) in [5.41, 5.74) is 8.35. The number of hydrogen-bond acceptors (Lipinski definition) is 9. The molecule has 1 aliphatic heterocycles. The van der Waals surface area contributed by atoms with Crippen LogP contribution in [0.1, 0.15) is 56.3 Å². The van der Waals surface area contributed by atoms with E-state index >= 15 is 0 Å². The van der Waals surface area contributed by atoms with Crippen molar-refractivity contribution < 1.29 is 22.0 Å².